The van der Waals surface area contributed by atoms with E-state index in [4.69, 9.17) is 5.84 Å². The summed E-state index contributed by atoms with van der Waals surface area (Å²) in [4.78, 5) is 4.37. The van der Waals surface area contributed by atoms with Gasteiger partial charge in [-0.3, -0.25) is 5.84 Å². The minimum atomic E-state index is 0.176. The zero-order valence-electron chi connectivity index (χ0n) is 9.02. The highest BCUT2D eigenvalue weighted by molar-refractivity contribution is 8.00. The Bertz CT molecular complexity index is 306. The molecular weight excluding hydrogens is 208 g/mol. The first-order valence-electron chi connectivity index (χ1n) is 5.38. The smallest absolute Gasteiger partial charge is 0.128 e. The van der Waals surface area contributed by atoms with Gasteiger partial charge in [0, 0.05) is 24.7 Å². The van der Waals surface area contributed by atoms with Crippen LogP contribution >= 0.6 is 11.8 Å². The van der Waals surface area contributed by atoms with E-state index < -0.39 is 0 Å². The van der Waals surface area contributed by atoms with Gasteiger partial charge in [-0.2, -0.15) is 11.8 Å². The number of aryl methyl sites for hydroxylation is 1. The van der Waals surface area contributed by atoms with Crippen molar-refractivity contribution in [3.8, 4) is 0 Å². The standard InChI is InChI=1S/C10H18N4S/c1-14-6-5-12-10(14)9(13-11)8-4-2-3-7-15-8/h5-6,8-9,13H,2-4,7,11H2,1H3. The maximum Gasteiger partial charge on any atom is 0.128 e. The van der Waals surface area contributed by atoms with E-state index in [2.05, 4.69) is 10.4 Å². The number of nitrogens with two attached hydrogens (primary N) is 1. The van der Waals surface area contributed by atoms with E-state index >= 15 is 0 Å². The van der Waals surface area contributed by atoms with E-state index in [-0.39, 0.29) is 6.04 Å². The van der Waals surface area contributed by atoms with E-state index in [0.717, 1.165) is 5.82 Å². The lowest BCUT2D eigenvalue weighted by Crippen LogP contribution is -2.37. The van der Waals surface area contributed by atoms with Gasteiger partial charge in [-0.1, -0.05) is 6.42 Å². The molecule has 3 N–H and O–H groups in total. The highest BCUT2D eigenvalue weighted by Gasteiger charge is 2.27. The number of imidazole rings is 1. The van der Waals surface area contributed by atoms with Crippen molar-refractivity contribution in [3.63, 3.8) is 0 Å². The lowest BCUT2D eigenvalue weighted by Gasteiger charge is -2.28. The third kappa shape index (κ3) is 2.35. The van der Waals surface area contributed by atoms with E-state index in [0.29, 0.717) is 5.25 Å². The van der Waals surface area contributed by atoms with Crippen LogP contribution in [-0.4, -0.2) is 20.6 Å². The van der Waals surface area contributed by atoms with Crippen LogP contribution in [0.4, 0.5) is 0 Å². The quantitative estimate of drug-likeness (QED) is 0.601. The number of hydrogen-bond donors (Lipinski definition) is 2. The molecule has 1 aromatic heterocycles. The molecule has 2 unspecified atom stereocenters. The van der Waals surface area contributed by atoms with Crippen LogP contribution in [0.5, 0.6) is 0 Å². The predicted octanol–water partition coefficient (Wildman–Crippen LogP) is 1.21. The third-order valence-electron chi connectivity index (χ3n) is 2.90. The Morgan fingerprint density at radius 1 is 1.67 bits per heavy atom. The van der Waals surface area contributed by atoms with Gasteiger partial charge in [-0.15, -0.1) is 0 Å². The number of thioether (sulfide) groups is 1. The van der Waals surface area contributed by atoms with Crippen LogP contribution in [0.25, 0.3) is 0 Å². The van der Waals surface area contributed by atoms with E-state index in [1.807, 2.05) is 35.8 Å². The number of rotatable bonds is 3. The first-order valence-corrected chi connectivity index (χ1v) is 6.42. The van der Waals surface area contributed by atoms with Crippen LogP contribution in [0, 0.1) is 0 Å². The van der Waals surface area contributed by atoms with E-state index in [9.17, 15) is 0 Å². The van der Waals surface area contributed by atoms with Crippen LogP contribution in [0.1, 0.15) is 31.1 Å². The molecule has 0 spiro atoms. The third-order valence-corrected chi connectivity index (χ3v) is 4.36. The van der Waals surface area contributed by atoms with Crippen molar-refractivity contribution in [1.29, 1.82) is 0 Å². The Balaban J connectivity index is 2.12. The highest BCUT2D eigenvalue weighted by atomic mass is 32.2. The van der Waals surface area contributed by atoms with Crippen molar-refractivity contribution >= 4 is 11.8 Å². The average molecular weight is 226 g/mol. The van der Waals surface area contributed by atoms with E-state index in [1.165, 1.54) is 25.0 Å². The maximum atomic E-state index is 5.65. The van der Waals surface area contributed by atoms with Gasteiger partial charge in [0.15, 0.2) is 0 Å². The zero-order chi connectivity index (χ0) is 10.7. The molecule has 15 heavy (non-hydrogen) atoms. The number of nitrogens with zero attached hydrogens (tertiary/aromatic N) is 2. The average Bonchev–Trinajstić information content (AvgIpc) is 2.68. The second-order valence-electron chi connectivity index (χ2n) is 3.95. The van der Waals surface area contributed by atoms with Gasteiger partial charge in [0.1, 0.15) is 5.82 Å². The lowest BCUT2D eigenvalue weighted by atomic mass is 10.1. The summed E-state index contributed by atoms with van der Waals surface area (Å²) in [7, 11) is 2.01. The molecule has 0 saturated carbocycles. The summed E-state index contributed by atoms with van der Waals surface area (Å²) >= 11 is 2.01. The Labute approximate surface area is 94.6 Å². The normalized spacial score (nSPS) is 24.0. The molecule has 1 aromatic rings. The van der Waals surface area contributed by atoms with E-state index in [1.54, 1.807) is 0 Å². The van der Waals surface area contributed by atoms with Gasteiger partial charge < -0.3 is 4.57 Å². The summed E-state index contributed by atoms with van der Waals surface area (Å²) in [6, 6.07) is 0.176. The molecule has 0 bridgehead atoms. The molecule has 5 heteroatoms. The molecular formula is C10H18N4S. The minimum absolute atomic E-state index is 0.176. The molecule has 2 heterocycles. The molecule has 1 aliphatic rings. The van der Waals surface area contributed by atoms with Gasteiger partial charge in [-0.05, 0) is 18.6 Å². The van der Waals surface area contributed by atoms with Crippen LogP contribution in [-0.2, 0) is 7.05 Å². The van der Waals surface area contributed by atoms with Gasteiger partial charge in [0.05, 0.1) is 6.04 Å². The van der Waals surface area contributed by atoms with Crippen molar-refractivity contribution in [3.05, 3.63) is 18.2 Å². The highest BCUT2D eigenvalue weighted by Crippen LogP contribution is 2.33. The SMILES string of the molecule is Cn1ccnc1C(NN)C1CCCCS1. The number of nitrogens with one attached hydrogen (secondary N) is 1. The monoisotopic (exact) mass is 226 g/mol. The number of hydrazine groups is 1. The maximum absolute atomic E-state index is 5.65. The van der Waals surface area contributed by atoms with Crippen molar-refractivity contribution in [2.24, 2.45) is 12.9 Å². The van der Waals surface area contributed by atoms with Gasteiger partial charge in [-0.25, -0.2) is 10.4 Å². The molecule has 1 fully saturated rings. The molecule has 4 nitrogen and oxygen atoms in total. The van der Waals surface area contributed by atoms with Crippen LogP contribution in [0.3, 0.4) is 0 Å². The first kappa shape index (κ1) is 11.0. The Morgan fingerprint density at radius 2 is 2.53 bits per heavy atom. The summed E-state index contributed by atoms with van der Waals surface area (Å²) in [5.41, 5.74) is 2.91. The van der Waals surface area contributed by atoms with Gasteiger partial charge >= 0.3 is 0 Å². The Morgan fingerprint density at radius 3 is 3.07 bits per heavy atom. The molecule has 1 saturated heterocycles. The summed E-state index contributed by atoms with van der Waals surface area (Å²) in [5.74, 6) is 7.93. The van der Waals surface area contributed by atoms with Gasteiger partial charge in [0.2, 0.25) is 0 Å². The predicted molar refractivity (Wildman–Crippen MR) is 63.4 cm³/mol. The van der Waals surface area contributed by atoms with Crippen molar-refractivity contribution in [2.75, 3.05) is 5.75 Å². The first-order chi connectivity index (χ1) is 7.33. The number of hydrogen-bond acceptors (Lipinski definition) is 4. The van der Waals surface area contributed by atoms with Crippen LogP contribution in [0.2, 0.25) is 0 Å². The Kier molecular flexibility index (Phi) is 3.66. The molecule has 1 aliphatic heterocycles. The summed E-state index contributed by atoms with van der Waals surface area (Å²) < 4.78 is 2.04. The fraction of sp³-hybridized carbons (Fsp3) is 0.700. The summed E-state index contributed by atoms with van der Waals surface area (Å²) in [6.45, 7) is 0. The molecule has 0 radical (unpaired) electrons. The summed E-state index contributed by atoms with van der Waals surface area (Å²) in [5, 5.41) is 0.560. The molecule has 0 aliphatic carbocycles. The van der Waals surface area contributed by atoms with Crippen molar-refractivity contribution in [2.45, 2.75) is 30.6 Å². The largest absolute Gasteiger partial charge is 0.337 e. The second-order valence-corrected chi connectivity index (χ2v) is 5.29. The molecule has 0 aromatic carbocycles. The number of aromatic nitrogens is 2. The summed E-state index contributed by atoms with van der Waals surface area (Å²) in [6.07, 6.45) is 7.66. The molecule has 84 valence electrons. The minimum Gasteiger partial charge on any atom is -0.337 e. The zero-order valence-corrected chi connectivity index (χ0v) is 9.83. The van der Waals surface area contributed by atoms with Crippen LogP contribution in [0.15, 0.2) is 12.4 Å². The Hall–Kier alpha value is -0.520. The molecule has 2 rings (SSSR count). The fourth-order valence-corrected chi connectivity index (χ4v) is 3.45. The second kappa shape index (κ2) is 5.01. The van der Waals surface area contributed by atoms with Crippen LogP contribution < -0.4 is 11.3 Å². The van der Waals surface area contributed by atoms with Crippen molar-refractivity contribution in [1.82, 2.24) is 15.0 Å². The fourth-order valence-electron chi connectivity index (χ4n) is 2.05. The molecule has 0 amide bonds. The van der Waals surface area contributed by atoms with Gasteiger partial charge in [0.25, 0.3) is 0 Å². The molecule has 2 atom stereocenters. The topological polar surface area (TPSA) is 55.9 Å². The lowest BCUT2D eigenvalue weighted by molar-refractivity contribution is 0.461. The van der Waals surface area contributed by atoms with Crippen molar-refractivity contribution < 1.29 is 0 Å².